The minimum atomic E-state index is -0.780. The predicted molar refractivity (Wildman–Crippen MR) is 118 cm³/mol. The highest BCUT2D eigenvalue weighted by Gasteiger charge is 2.28. The topological polar surface area (TPSA) is 84.2 Å². The number of carbonyl (C=O) groups excluding carboxylic acids is 1. The number of fused-ring (bicyclic) bond motifs is 1. The molecule has 1 saturated heterocycles. The summed E-state index contributed by atoms with van der Waals surface area (Å²) >= 11 is 0. The standard InChI is InChI=1S/C25H24O7/c1-5-28-23(26)20-12-18-11-19(10-15(3)22(18)30-24(20)27)25-29-13-21(31-32-25)16(4)17-8-6-14(2)7-9-17/h6-12,21,25H,4-5,13H2,1-3H3. The molecule has 0 N–H and O–H groups in total. The van der Waals surface area contributed by atoms with E-state index in [9.17, 15) is 9.59 Å². The molecule has 1 fully saturated rings. The van der Waals surface area contributed by atoms with E-state index < -0.39 is 24.0 Å². The maximum absolute atomic E-state index is 12.2. The molecule has 1 aliphatic rings. The Morgan fingerprint density at radius 2 is 1.88 bits per heavy atom. The second-order valence-electron chi connectivity index (χ2n) is 7.66. The Morgan fingerprint density at radius 1 is 1.12 bits per heavy atom. The molecule has 0 saturated carbocycles. The molecule has 166 valence electrons. The lowest BCUT2D eigenvalue weighted by Gasteiger charge is -2.29. The highest BCUT2D eigenvalue weighted by atomic mass is 17.2. The molecule has 1 aliphatic heterocycles. The normalized spacial score (nSPS) is 18.5. The lowest BCUT2D eigenvalue weighted by Crippen LogP contribution is -2.30. The van der Waals surface area contributed by atoms with Crippen LogP contribution in [-0.2, 0) is 19.2 Å². The highest BCUT2D eigenvalue weighted by Crippen LogP contribution is 2.32. The zero-order valence-electron chi connectivity index (χ0n) is 18.2. The molecule has 2 aromatic carbocycles. The van der Waals surface area contributed by atoms with Gasteiger partial charge in [-0.2, -0.15) is 4.89 Å². The Hall–Kier alpha value is -3.26. The molecule has 2 atom stereocenters. The summed E-state index contributed by atoms with van der Waals surface area (Å²) in [4.78, 5) is 35.3. The second kappa shape index (κ2) is 9.08. The Kier molecular flexibility index (Phi) is 6.23. The van der Waals surface area contributed by atoms with Crippen molar-refractivity contribution >= 4 is 22.5 Å². The summed E-state index contributed by atoms with van der Waals surface area (Å²) in [5.41, 5.74) is 3.72. The maximum Gasteiger partial charge on any atom is 0.351 e. The van der Waals surface area contributed by atoms with Crippen molar-refractivity contribution in [3.05, 3.63) is 87.3 Å². The van der Waals surface area contributed by atoms with Gasteiger partial charge in [0, 0.05) is 10.9 Å². The number of aryl methyl sites for hydroxylation is 2. The van der Waals surface area contributed by atoms with Crippen LogP contribution in [0, 0.1) is 13.8 Å². The van der Waals surface area contributed by atoms with Gasteiger partial charge in [0.15, 0.2) is 0 Å². The van der Waals surface area contributed by atoms with E-state index in [1.165, 1.54) is 6.07 Å². The number of esters is 1. The van der Waals surface area contributed by atoms with Gasteiger partial charge < -0.3 is 13.9 Å². The van der Waals surface area contributed by atoms with Crippen LogP contribution >= 0.6 is 0 Å². The number of hydrogen-bond donors (Lipinski definition) is 0. The molecule has 32 heavy (non-hydrogen) atoms. The van der Waals surface area contributed by atoms with Crippen molar-refractivity contribution in [3.8, 4) is 0 Å². The summed E-state index contributed by atoms with van der Waals surface area (Å²) in [6, 6.07) is 13.0. The minimum absolute atomic E-state index is 0.158. The first-order valence-corrected chi connectivity index (χ1v) is 10.3. The number of hydrogen-bond acceptors (Lipinski definition) is 7. The van der Waals surface area contributed by atoms with Crippen molar-refractivity contribution in [1.82, 2.24) is 0 Å². The Balaban J connectivity index is 1.54. The second-order valence-corrected chi connectivity index (χ2v) is 7.66. The number of carbonyl (C=O) groups is 1. The van der Waals surface area contributed by atoms with Gasteiger partial charge in [0.1, 0.15) is 17.3 Å². The summed E-state index contributed by atoms with van der Waals surface area (Å²) in [5, 5.41) is 0.557. The summed E-state index contributed by atoms with van der Waals surface area (Å²) in [6.07, 6.45) is -1.22. The van der Waals surface area contributed by atoms with E-state index in [2.05, 4.69) is 6.58 Å². The van der Waals surface area contributed by atoms with Gasteiger partial charge >= 0.3 is 11.6 Å². The van der Waals surface area contributed by atoms with Crippen LogP contribution in [0.4, 0.5) is 0 Å². The van der Waals surface area contributed by atoms with Crippen molar-refractivity contribution in [2.45, 2.75) is 33.2 Å². The van der Waals surface area contributed by atoms with E-state index in [4.69, 9.17) is 23.7 Å². The number of ether oxygens (including phenoxy) is 2. The zero-order chi connectivity index (χ0) is 22.8. The summed E-state index contributed by atoms with van der Waals surface area (Å²) in [6.45, 7) is 10.0. The maximum atomic E-state index is 12.2. The predicted octanol–water partition coefficient (Wildman–Crippen LogP) is 4.65. The molecule has 0 radical (unpaired) electrons. The van der Waals surface area contributed by atoms with Crippen molar-refractivity contribution in [1.29, 1.82) is 0 Å². The van der Waals surface area contributed by atoms with Crippen molar-refractivity contribution in [2.75, 3.05) is 13.2 Å². The van der Waals surface area contributed by atoms with Crippen LogP contribution in [0.15, 0.2) is 58.3 Å². The number of rotatable bonds is 5. The Bertz CT molecular complexity index is 1220. The lowest BCUT2D eigenvalue weighted by molar-refractivity contribution is -0.435. The molecule has 4 rings (SSSR count). The molecule has 1 aromatic heterocycles. The molecule has 7 heteroatoms. The molecule has 3 aromatic rings. The average molecular weight is 436 g/mol. The monoisotopic (exact) mass is 436 g/mol. The van der Waals surface area contributed by atoms with Crippen molar-refractivity contribution < 1.29 is 28.5 Å². The van der Waals surface area contributed by atoms with E-state index in [-0.39, 0.29) is 18.8 Å². The fourth-order valence-corrected chi connectivity index (χ4v) is 3.54. The van der Waals surface area contributed by atoms with Gasteiger partial charge in [0.05, 0.1) is 13.2 Å². The van der Waals surface area contributed by atoms with Crippen molar-refractivity contribution in [3.63, 3.8) is 0 Å². The highest BCUT2D eigenvalue weighted by molar-refractivity contribution is 5.93. The Morgan fingerprint density at radius 3 is 2.53 bits per heavy atom. The van der Waals surface area contributed by atoms with Gasteiger partial charge in [-0.1, -0.05) is 36.4 Å². The minimum Gasteiger partial charge on any atom is -0.462 e. The van der Waals surface area contributed by atoms with E-state index in [1.807, 2.05) is 31.2 Å². The molecular weight excluding hydrogens is 412 g/mol. The van der Waals surface area contributed by atoms with E-state index >= 15 is 0 Å². The average Bonchev–Trinajstić information content (AvgIpc) is 2.79. The molecule has 2 heterocycles. The van der Waals surface area contributed by atoms with Crippen LogP contribution in [0.5, 0.6) is 0 Å². The first kappa shape index (κ1) is 22.0. The molecule has 0 bridgehead atoms. The van der Waals surface area contributed by atoms with Gasteiger partial charge in [-0.05, 0) is 55.7 Å². The van der Waals surface area contributed by atoms with Gasteiger partial charge in [-0.3, -0.25) is 0 Å². The molecule has 0 amide bonds. The third-order valence-electron chi connectivity index (χ3n) is 5.28. The van der Waals surface area contributed by atoms with Crippen LogP contribution in [0.3, 0.4) is 0 Å². The summed E-state index contributed by atoms with van der Waals surface area (Å²) in [7, 11) is 0. The van der Waals surface area contributed by atoms with Gasteiger partial charge in [-0.25, -0.2) is 14.5 Å². The van der Waals surface area contributed by atoms with Crippen LogP contribution < -0.4 is 5.63 Å². The quantitative estimate of drug-likeness (QED) is 0.327. The molecule has 7 nitrogen and oxygen atoms in total. The van der Waals surface area contributed by atoms with E-state index in [0.29, 0.717) is 22.1 Å². The van der Waals surface area contributed by atoms with E-state index in [0.717, 1.165) is 16.7 Å². The number of benzene rings is 2. The third-order valence-corrected chi connectivity index (χ3v) is 5.28. The fourth-order valence-electron chi connectivity index (χ4n) is 3.54. The van der Waals surface area contributed by atoms with Gasteiger partial charge in [0.25, 0.3) is 0 Å². The van der Waals surface area contributed by atoms with Gasteiger partial charge in [-0.15, -0.1) is 0 Å². The largest absolute Gasteiger partial charge is 0.462 e. The molecule has 2 unspecified atom stereocenters. The fraction of sp³-hybridized carbons (Fsp3) is 0.280. The first-order valence-electron chi connectivity index (χ1n) is 10.3. The van der Waals surface area contributed by atoms with E-state index in [1.54, 1.807) is 26.0 Å². The van der Waals surface area contributed by atoms with Gasteiger partial charge in [0.2, 0.25) is 6.29 Å². The molecule has 0 spiro atoms. The summed E-state index contributed by atoms with van der Waals surface area (Å²) in [5.74, 6) is -0.725. The third kappa shape index (κ3) is 4.36. The molecular formula is C25H24O7. The van der Waals surface area contributed by atoms with Crippen LogP contribution in [-0.4, -0.2) is 25.3 Å². The zero-order valence-corrected chi connectivity index (χ0v) is 18.2. The van der Waals surface area contributed by atoms with Crippen LogP contribution in [0.2, 0.25) is 0 Å². The van der Waals surface area contributed by atoms with Crippen molar-refractivity contribution in [2.24, 2.45) is 0 Å². The summed E-state index contributed by atoms with van der Waals surface area (Å²) < 4.78 is 16.2. The van der Waals surface area contributed by atoms with Crippen LogP contribution in [0.25, 0.3) is 16.5 Å². The lowest BCUT2D eigenvalue weighted by atomic mass is 10.0. The van der Waals surface area contributed by atoms with Crippen LogP contribution in [0.1, 0.15) is 45.8 Å². The Labute approximate surface area is 185 Å². The first-order chi connectivity index (χ1) is 15.4. The molecule has 0 aliphatic carbocycles. The SMILES string of the molecule is C=C(c1ccc(C)cc1)C1COC(c2cc(C)c3oc(=O)c(C(=O)OCC)cc3c2)OO1. The smallest absolute Gasteiger partial charge is 0.351 e.